The number of hydrogen-bond acceptors (Lipinski definition) is 6. The van der Waals surface area contributed by atoms with Gasteiger partial charge in [-0.05, 0) is 19.8 Å². The number of epoxide rings is 1. The lowest BCUT2D eigenvalue weighted by molar-refractivity contribution is -0.164. The molecule has 6 nitrogen and oxygen atoms in total. The summed E-state index contributed by atoms with van der Waals surface area (Å²) in [6.07, 6.45) is 3.15. The zero-order chi connectivity index (χ0) is 15.2. The molecule has 2 fully saturated rings. The Kier molecular flexibility index (Phi) is 5.99. The molecule has 4 atom stereocenters. The lowest BCUT2D eigenvalue weighted by atomic mass is 9.79. The van der Waals surface area contributed by atoms with Crippen molar-refractivity contribution in [3.63, 3.8) is 0 Å². The van der Waals surface area contributed by atoms with Crippen LogP contribution in [0.3, 0.4) is 0 Å². The van der Waals surface area contributed by atoms with Gasteiger partial charge in [0.1, 0.15) is 19.3 Å². The fraction of sp³-hybridized carbons (Fsp3) is 0.867. The molecule has 0 amide bonds. The molecule has 1 aliphatic heterocycles. The highest BCUT2D eigenvalue weighted by atomic mass is 16.6. The van der Waals surface area contributed by atoms with Gasteiger partial charge in [-0.1, -0.05) is 12.8 Å². The molecule has 1 aliphatic carbocycles. The first-order valence-corrected chi connectivity index (χ1v) is 7.59. The fourth-order valence-corrected chi connectivity index (χ4v) is 2.52. The van der Waals surface area contributed by atoms with Crippen molar-refractivity contribution in [2.45, 2.75) is 44.8 Å². The molecule has 1 saturated carbocycles. The smallest absolute Gasteiger partial charge is 0.309 e. The summed E-state index contributed by atoms with van der Waals surface area (Å²) >= 11 is 0. The Morgan fingerprint density at radius 3 is 2.24 bits per heavy atom. The molecule has 1 saturated heterocycles. The van der Waals surface area contributed by atoms with Crippen LogP contribution in [0.15, 0.2) is 0 Å². The maximum atomic E-state index is 12.2. The largest absolute Gasteiger partial charge is 0.463 e. The Balaban J connectivity index is 1.84. The summed E-state index contributed by atoms with van der Waals surface area (Å²) in [7, 11) is 1.57. The minimum Gasteiger partial charge on any atom is -0.463 e. The van der Waals surface area contributed by atoms with Crippen molar-refractivity contribution in [1.29, 1.82) is 0 Å². The highest BCUT2D eigenvalue weighted by Crippen LogP contribution is 2.32. The predicted molar refractivity (Wildman–Crippen MR) is 73.6 cm³/mol. The van der Waals surface area contributed by atoms with Gasteiger partial charge in [-0.3, -0.25) is 9.59 Å². The van der Waals surface area contributed by atoms with Gasteiger partial charge in [0.05, 0.1) is 24.5 Å². The van der Waals surface area contributed by atoms with E-state index in [1.807, 2.05) is 6.92 Å². The van der Waals surface area contributed by atoms with Crippen molar-refractivity contribution in [3.8, 4) is 0 Å². The van der Waals surface area contributed by atoms with E-state index in [1.165, 1.54) is 0 Å². The third kappa shape index (κ3) is 4.97. The number of carbonyl (C=O) groups excluding carboxylic acids is 2. The molecule has 0 aromatic heterocycles. The fourth-order valence-electron chi connectivity index (χ4n) is 2.52. The van der Waals surface area contributed by atoms with Gasteiger partial charge in [0, 0.05) is 7.11 Å². The van der Waals surface area contributed by atoms with Gasteiger partial charge in [0.25, 0.3) is 0 Å². The van der Waals surface area contributed by atoms with E-state index in [-0.39, 0.29) is 43.3 Å². The average molecular weight is 300 g/mol. The summed E-state index contributed by atoms with van der Waals surface area (Å²) in [4.78, 5) is 24.3. The normalized spacial score (nSPS) is 29.5. The van der Waals surface area contributed by atoms with E-state index in [1.54, 1.807) is 7.11 Å². The molecule has 0 radical (unpaired) electrons. The maximum absolute atomic E-state index is 12.2. The van der Waals surface area contributed by atoms with Gasteiger partial charge in [-0.15, -0.1) is 0 Å². The van der Waals surface area contributed by atoms with Gasteiger partial charge in [0.15, 0.2) is 0 Å². The number of methoxy groups -OCH3 is 1. The lowest BCUT2D eigenvalue weighted by Crippen LogP contribution is -2.36. The average Bonchev–Trinajstić information content (AvgIpc) is 3.34. The van der Waals surface area contributed by atoms with Crippen LogP contribution in [0.4, 0.5) is 0 Å². The van der Waals surface area contributed by atoms with Gasteiger partial charge in [-0.25, -0.2) is 0 Å². The number of carbonyl (C=O) groups is 2. The van der Waals surface area contributed by atoms with E-state index < -0.39 is 5.92 Å². The third-order valence-electron chi connectivity index (χ3n) is 4.05. The standard InChI is InChI=1S/C15H24O6/c1-10(18-2)7-20-14(16)12-5-3-4-6-13(12)15(17)21-9-11-8-19-11/h10-13H,3-9H2,1-2H3. The second-order valence-electron chi connectivity index (χ2n) is 5.76. The minimum atomic E-state index is -0.393. The van der Waals surface area contributed by atoms with Crippen molar-refractivity contribution in [2.24, 2.45) is 11.8 Å². The van der Waals surface area contributed by atoms with Crippen LogP contribution in [0.2, 0.25) is 0 Å². The summed E-state index contributed by atoms with van der Waals surface area (Å²) in [5.74, 6) is -1.39. The van der Waals surface area contributed by atoms with Gasteiger partial charge in [0.2, 0.25) is 0 Å². The first-order chi connectivity index (χ1) is 10.1. The molecule has 0 aromatic carbocycles. The summed E-state index contributed by atoms with van der Waals surface area (Å²) in [5.41, 5.74) is 0. The SMILES string of the molecule is COC(C)COC(=O)C1CCCCC1C(=O)OCC1CO1. The summed E-state index contributed by atoms with van der Waals surface area (Å²) in [6.45, 7) is 2.98. The summed E-state index contributed by atoms with van der Waals surface area (Å²) in [5, 5.41) is 0. The molecular formula is C15H24O6. The van der Waals surface area contributed by atoms with E-state index in [0.717, 1.165) is 12.8 Å². The van der Waals surface area contributed by atoms with Crippen molar-refractivity contribution in [3.05, 3.63) is 0 Å². The van der Waals surface area contributed by atoms with Crippen LogP contribution < -0.4 is 0 Å². The van der Waals surface area contributed by atoms with Crippen molar-refractivity contribution in [1.82, 2.24) is 0 Å². The quantitative estimate of drug-likeness (QED) is 0.521. The first-order valence-electron chi connectivity index (χ1n) is 7.59. The molecule has 2 aliphatic rings. The number of esters is 2. The maximum Gasteiger partial charge on any atom is 0.309 e. The molecule has 0 spiro atoms. The molecular weight excluding hydrogens is 276 g/mol. The van der Waals surface area contributed by atoms with Crippen LogP contribution >= 0.6 is 0 Å². The van der Waals surface area contributed by atoms with Crippen LogP contribution in [0.5, 0.6) is 0 Å². The molecule has 0 aromatic rings. The van der Waals surface area contributed by atoms with Crippen LogP contribution in [0.25, 0.3) is 0 Å². The molecule has 120 valence electrons. The Labute approximate surface area is 125 Å². The molecule has 0 N–H and O–H groups in total. The predicted octanol–water partition coefficient (Wildman–Crippen LogP) is 1.31. The highest BCUT2D eigenvalue weighted by Gasteiger charge is 2.38. The van der Waals surface area contributed by atoms with Crippen molar-refractivity contribution in [2.75, 3.05) is 26.9 Å². The van der Waals surface area contributed by atoms with Gasteiger partial charge >= 0.3 is 11.9 Å². The van der Waals surface area contributed by atoms with E-state index in [0.29, 0.717) is 19.4 Å². The Hall–Kier alpha value is -1.14. The molecule has 0 bridgehead atoms. The Morgan fingerprint density at radius 2 is 1.71 bits per heavy atom. The monoisotopic (exact) mass is 300 g/mol. The Bertz CT molecular complexity index is 365. The summed E-state index contributed by atoms with van der Waals surface area (Å²) in [6, 6.07) is 0. The van der Waals surface area contributed by atoms with Crippen LogP contribution in [-0.4, -0.2) is 51.1 Å². The number of rotatable bonds is 7. The number of ether oxygens (including phenoxy) is 4. The molecule has 6 heteroatoms. The van der Waals surface area contributed by atoms with E-state index in [2.05, 4.69) is 0 Å². The van der Waals surface area contributed by atoms with E-state index in [9.17, 15) is 9.59 Å². The Morgan fingerprint density at radius 1 is 1.14 bits per heavy atom. The molecule has 2 rings (SSSR count). The van der Waals surface area contributed by atoms with Gasteiger partial charge in [-0.2, -0.15) is 0 Å². The third-order valence-corrected chi connectivity index (χ3v) is 4.05. The van der Waals surface area contributed by atoms with Crippen LogP contribution in [0.1, 0.15) is 32.6 Å². The van der Waals surface area contributed by atoms with E-state index in [4.69, 9.17) is 18.9 Å². The van der Waals surface area contributed by atoms with E-state index >= 15 is 0 Å². The highest BCUT2D eigenvalue weighted by molar-refractivity contribution is 5.82. The van der Waals surface area contributed by atoms with Crippen molar-refractivity contribution >= 4 is 11.9 Å². The second-order valence-corrected chi connectivity index (χ2v) is 5.76. The second kappa shape index (κ2) is 7.75. The summed E-state index contributed by atoms with van der Waals surface area (Å²) < 4.78 is 20.6. The molecule has 4 unspecified atom stereocenters. The van der Waals surface area contributed by atoms with Gasteiger partial charge < -0.3 is 18.9 Å². The van der Waals surface area contributed by atoms with Crippen LogP contribution in [0, 0.1) is 11.8 Å². The molecule has 1 heterocycles. The minimum absolute atomic E-state index is 0.0468. The molecule has 21 heavy (non-hydrogen) atoms. The van der Waals surface area contributed by atoms with Crippen LogP contribution in [-0.2, 0) is 28.5 Å². The first kappa shape index (κ1) is 16.2. The lowest BCUT2D eigenvalue weighted by Gasteiger charge is -2.28. The topological polar surface area (TPSA) is 74.4 Å². The zero-order valence-corrected chi connectivity index (χ0v) is 12.7. The zero-order valence-electron chi connectivity index (χ0n) is 12.7. The van der Waals surface area contributed by atoms with Crippen molar-refractivity contribution < 1.29 is 28.5 Å². The number of hydrogen-bond donors (Lipinski definition) is 0.